The number of rotatable bonds is 4. The number of carbonyl (C=O) groups excluding carboxylic acids is 1. The zero-order valence-electron chi connectivity index (χ0n) is 11.6. The number of hydrogen-bond donors (Lipinski definition) is 1. The molecular weight excluding hydrogens is 226 g/mol. The van der Waals surface area contributed by atoms with Crippen LogP contribution in [-0.4, -0.2) is 54.5 Å². The summed E-state index contributed by atoms with van der Waals surface area (Å²) in [6, 6.07) is 0.457. The molecule has 4 heteroatoms. The Morgan fingerprint density at radius 2 is 2.44 bits per heavy atom. The molecule has 1 aliphatic carbocycles. The fourth-order valence-corrected chi connectivity index (χ4v) is 2.82. The quantitative estimate of drug-likeness (QED) is 0.815. The molecule has 18 heavy (non-hydrogen) atoms. The van der Waals surface area contributed by atoms with Crippen molar-refractivity contribution in [2.24, 2.45) is 0 Å². The van der Waals surface area contributed by atoms with Crippen LogP contribution in [0.5, 0.6) is 0 Å². The molecule has 0 aromatic heterocycles. The highest BCUT2D eigenvalue weighted by Crippen LogP contribution is 2.21. The zero-order valence-corrected chi connectivity index (χ0v) is 11.6. The van der Waals surface area contributed by atoms with Gasteiger partial charge in [0.15, 0.2) is 0 Å². The minimum Gasteiger partial charge on any atom is -0.316 e. The number of amides is 1. The summed E-state index contributed by atoms with van der Waals surface area (Å²) in [5.41, 5.74) is 1.24. The Morgan fingerprint density at radius 3 is 3.06 bits per heavy atom. The fraction of sp³-hybridized carbons (Fsp3) is 0.786. The molecule has 0 unspecified atom stereocenters. The van der Waals surface area contributed by atoms with Gasteiger partial charge in [0.1, 0.15) is 0 Å². The Kier molecular flexibility index (Phi) is 4.78. The molecule has 0 aromatic carbocycles. The molecule has 1 fully saturated rings. The van der Waals surface area contributed by atoms with Gasteiger partial charge in [-0.2, -0.15) is 0 Å². The predicted octanol–water partition coefficient (Wildman–Crippen LogP) is 1.20. The third-order valence-corrected chi connectivity index (χ3v) is 3.96. The maximum Gasteiger partial charge on any atom is 0.240 e. The van der Waals surface area contributed by atoms with E-state index >= 15 is 0 Å². The number of allylic oxidation sites excluding steroid dienone is 2. The molecule has 2 aliphatic rings. The van der Waals surface area contributed by atoms with Crippen molar-refractivity contribution in [2.75, 3.05) is 32.7 Å². The van der Waals surface area contributed by atoms with E-state index in [1.54, 1.807) is 0 Å². The first kappa shape index (κ1) is 13.6. The lowest BCUT2D eigenvalue weighted by molar-refractivity contribution is -0.131. The first-order valence-electron chi connectivity index (χ1n) is 7.16. The second-order valence-electron chi connectivity index (χ2n) is 5.25. The van der Waals surface area contributed by atoms with Gasteiger partial charge in [0.2, 0.25) is 5.91 Å². The van der Waals surface area contributed by atoms with Gasteiger partial charge < -0.3 is 10.2 Å². The summed E-state index contributed by atoms with van der Waals surface area (Å²) < 4.78 is 0. The average Bonchev–Trinajstić information content (AvgIpc) is 2.87. The van der Waals surface area contributed by atoms with Crippen LogP contribution in [-0.2, 0) is 4.79 Å². The molecule has 2 rings (SSSR count). The van der Waals surface area contributed by atoms with Crippen molar-refractivity contribution >= 4 is 5.91 Å². The van der Waals surface area contributed by atoms with E-state index in [1.165, 1.54) is 12.1 Å². The van der Waals surface area contributed by atoms with Crippen LogP contribution in [0.3, 0.4) is 0 Å². The Balaban J connectivity index is 1.92. The molecule has 0 aromatic rings. The number of nitrogens with zero attached hydrogens (tertiary/aromatic N) is 2. The Morgan fingerprint density at radius 1 is 1.61 bits per heavy atom. The summed E-state index contributed by atoms with van der Waals surface area (Å²) in [5.74, 6) is 0.263. The van der Waals surface area contributed by atoms with Crippen LogP contribution in [0, 0.1) is 0 Å². The highest BCUT2D eigenvalue weighted by atomic mass is 16.2. The van der Waals surface area contributed by atoms with Crippen LogP contribution in [0.2, 0.25) is 0 Å². The van der Waals surface area contributed by atoms with Crippen molar-refractivity contribution in [3.05, 3.63) is 11.8 Å². The molecule has 0 spiro atoms. The molecule has 102 valence electrons. The van der Waals surface area contributed by atoms with Gasteiger partial charge in [-0.3, -0.25) is 9.69 Å². The van der Waals surface area contributed by atoms with Gasteiger partial charge in [0.25, 0.3) is 0 Å². The van der Waals surface area contributed by atoms with Gasteiger partial charge in [-0.05, 0) is 33.1 Å². The van der Waals surface area contributed by atoms with Gasteiger partial charge >= 0.3 is 0 Å². The molecule has 1 saturated heterocycles. The first-order chi connectivity index (χ1) is 8.72. The smallest absolute Gasteiger partial charge is 0.240 e. The van der Waals surface area contributed by atoms with Crippen LogP contribution in [0.25, 0.3) is 0 Å². The number of carbonyl (C=O) groups is 1. The largest absolute Gasteiger partial charge is 0.316 e. The summed E-state index contributed by atoms with van der Waals surface area (Å²) >= 11 is 0. The molecule has 1 amide bonds. The maximum absolute atomic E-state index is 12.4. The van der Waals surface area contributed by atoms with E-state index in [-0.39, 0.29) is 5.91 Å². The lowest BCUT2D eigenvalue weighted by Crippen LogP contribution is -2.53. The minimum absolute atomic E-state index is 0.263. The Labute approximate surface area is 110 Å². The Bertz CT molecular complexity index is 327. The molecule has 0 bridgehead atoms. The lowest BCUT2D eigenvalue weighted by atomic mass is 10.2. The number of likely N-dealkylation sites (N-methyl/N-ethyl adjacent to an activating group) is 1. The third kappa shape index (κ3) is 3.12. The Hall–Kier alpha value is -0.870. The van der Waals surface area contributed by atoms with E-state index in [1.807, 2.05) is 4.90 Å². The van der Waals surface area contributed by atoms with Gasteiger partial charge in [-0.25, -0.2) is 0 Å². The monoisotopic (exact) mass is 251 g/mol. The first-order valence-corrected chi connectivity index (χ1v) is 7.16. The van der Waals surface area contributed by atoms with Crippen molar-refractivity contribution < 1.29 is 4.79 Å². The van der Waals surface area contributed by atoms with Crippen molar-refractivity contribution in [1.82, 2.24) is 15.1 Å². The van der Waals surface area contributed by atoms with E-state index in [0.717, 1.165) is 39.0 Å². The minimum atomic E-state index is 0.263. The van der Waals surface area contributed by atoms with E-state index in [9.17, 15) is 4.79 Å². The zero-order chi connectivity index (χ0) is 13.0. The molecule has 0 radical (unpaired) electrons. The van der Waals surface area contributed by atoms with Crippen LogP contribution in [0.1, 0.15) is 33.1 Å². The standard InChI is InChI=1S/C14H25N3O/c1-3-17(13-6-4-5-7-13)14(18)11-16-9-8-15-10-12(16)2/h6,12,15H,3-5,7-11H2,1-2H3/t12-/m1/s1. The van der Waals surface area contributed by atoms with Gasteiger partial charge in [0, 0.05) is 37.9 Å². The summed E-state index contributed by atoms with van der Waals surface area (Å²) in [5, 5.41) is 3.36. The van der Waals surface area contributed by atoms with E-state index in [0.29, 0.717) is 12.6 Å². The molecule has 1 heterocycles. The third-order valence-electron chi connectivity index (χ3n) is 3.96. The van der Waals surface area contributed by atoms with Gasteiger partial charge in [-0.1, -0.05) is 6.08 Å². The highest BCUT2D eigenvalue weighted by Gasteiger charge is 2.24. The van der Waals surface area contributed by atoms with Crippen LogP contribution >= 0.6 is 0 Å². The topological polar surface area (TPSA) is 35.6 Å². The molecule has 1 aliphatic heterocycles. The van der Waals surface area contributed by atoms with Crippen LogP contribution < -0.4 is 5.32 Å². The molecular formula is C14H25N3O. The summed E-state index contributed by atoms with van der Waals surface area (Å²) in [7, 11) is 0. The number of piperazine rings is 1. The van der Waals surface area contributed by atoms with Gasteiger partial charge in [0.05, 0.1) is 6.54 Å². The maximum atomic E-state index is 12.4. The second kappa shape index (κ2) is 6.34. The molecule has 4 nitrogen and oxygen atoms in total. The van der Waals surface area contributed by atoms with E-state index in [2.05, 4.69) is 30.1 Å². The SMILES string of the molecule is CCN(C(=O)CN1CCNC[C@H]1C)C1=CCCC1. The van der Waals surface area contributed by atoms with Crippen molar-refractivity contribution in [3.63, 3.8) is 0 Å². The lowest BCUT2D eigenvalue weighted by Gasteiger charge is -2.35. The predicted molar refractivity (Wildman–Crippen MR) is 73.2 cm³/mol. The van der Waals surface area contributed by atoms with Crippen LogP contribution in [0.15, 0.2) is 11.8 Å². The van der Waals surface area contributed by atoms with Gasteiger partial charge in [-0.15, -0.1) is 0 Å². The fourth-order valence-electron chi connectivity index (χ4n) is 2.82. The van der Waals surface area contributed by atoms with Crippen LogP contribution in [0.4, 0.5) is 0 Å². The number of hydrogen-bond acceptors (Lipinski definition) is 3. The molecule has 1 atom stereocenters. The normalized spacial score (nSPS) is 25.0. The van der Waals surface area contributed by atoms with Crippen molar-refractivity contribution in [3.8, 4) is 0 Å². The summed E-state index contributed by atoms with van der Waals surface area (Å²) in [4.78, 5) is 16.7. The highest BCUT2D eigenvalue weighted by molar-refractivity contribution is 5.80. The van der Waals surface area contributed by atoms with E-state index in [4.69, 9.17) is 0 Å². The van der Waals surface area contributed by atoms with Crippen molar-refractivity contribution in [2.45, 2.75) is 39.2 Å². The second-order valence-corrected chi connectivity index (χ2v) is 5.25. The summed E-state index contributed by atoms with van der Waals surface area (Å²) in [6.45, 7) is 8.57. The number of nitrogens with one attached hydrogen (secondary N) is 1. The van der Waals surface area contributed by atoms with Crippen molar-refractivity contribution in [1.29, 1.82) is 0 Å². The molecule has 0 saturated carbocycles. The average molecular weight is 251 g/mol. The summed E-state index contributed by atoms with van der Waals surface area (Å²) in [6.07, 6.45) is 5.62. The van der Waals surface area contributed by atoms with E-state index < -0.39 is 0 Å². The molecule has 1 N–H and O–H groups in total.